The summed E-state index contributed by atoms with van der Waals surface area (Å²) in [6.07, 6.45) is 8.81. The summed E-state index contributed by atoms with van der Waals surface area (Å²) < 4.78 is 133. The first-order valence-electron chi connectivity index (χ1n) is 15.0. The quantitative estimate of drug-likeness (QED) is 0.129. The molecule has 0 fully saturated rings. The van der Waals surface area contributed by atoms with Crippen LogP contribution in [0.3, 0.4) is 0 Å². The van der Waals surface area contributed by atoms with Crippen LogP contribution in [0.1, 0.15) is 51.7 Å². The molecule has 2 aromatic carbocycles. The van der Waals surface area contributed by atoms with Gasteiger partial charge in [0.1, 0.15) is 6.54 Å². The van der Waals surface area contributed by atoms with Crippen molar-refractivity contribution in [3.63, 3.8) is 0 Å². The maximum atomic E-state index is 11.9. The second-order valence-electron chi connectivity index (χ2n) is 12.8. The summed E-state index contributed by atoms with van der Waals surface area (Å²) in [5, 5.41) is 0. The highest BCUT2D eigenvalue weighted by molar-refractivity contribution is 7.86. The molecule has 0 spiro atoms. The molecular weight excluding hydrogens is 721 g/mol. The second-order valence-corrected chi connectivity index (χ2v) is 18.8. The number of allylic oxidation sites excluding steroid dienone is 6. The fourth-order valence-electron chi connectivity index (χ4n) is 6.28. The van der Waals surface area contributed by atoms with Crippen molar-refractivity contribution in [1.29, 1.82) is 0 Å². The van der Waals surface area contributed by atoms with Gasteiger partial charge >= 0.3 is 0 Å². The standard InChI is InChI=1S/C31H38N2O12S4/c1-30(2)24-20-22(48(40,41)42)12-14-26(24)32(16-8-18-46(34,35)36)28(30)10-6-5-7-11-29-31(3,4)25-21-23(49(43,44)45)13-15-27(25)33(29)17-9-19-47(37,38)39/h5-7,10-15,20-21H,8-9,16-19H2,1-4H3,(H3-,34,35,36,37,38,39,40,41,42,43,44,45)/p+1. The van der Waals surface area contributed by atoms with Crippen molar-refractivity contribution in [1.82, 2.24) is 0 Å². The zero-order chi connectivity index (χ0) is 36.8. The molecule has 2 aliphatic rings. The minimum atomic E-state index is -4.50. The van der Waals surface area contributed by atoms with Crippen LogP contribution in [-0.2, 0) is 51.3 Å². The third-order valence-electron chi connectivity index (χ3n) is 8.62. The van der Waals surface area contributed by atoms with Gasteiger partial charge in [-0.15, -0.1) is 0 Å². The third kappa shape index (κ3) is 8.75. The summed E-state index contributed by atoms with van der Waals surface area (Å²) in [6, 6.07) is 8.29. The maximum Gasteiger partial charge on any atom is 0.294 e. The van der Waals surface area contributed by atoms with Gasteiger partial charge in [0.05, 0.1) is 26.7 Å². The molecule has 0 aromatic heterocycles. The van der Waals surface area contributed by atoms with Crippen molar-refractivity contribution in [2.45, 2.75) is 61.2 Å². The molecule has 49 heavy (non-hydrogen) atoms. The van der Waals surface area contributed by atoms with Gasteiger partial charge in [0.15, 0.2) is 5.71 Å². The van der Waals surface area contributed by atoms with Gasteiger partial charge in [-0.2, -0.15) is 38.2 Å². The Morgan fingerprint density at radius 1 is 0.694 bits per heavy atom. The maximum absolute atomic E-state index is 11.9. The lowest BCUT2D eigenvalue weighted by atomic mass is 9.81. The van der Waals surface area contributed by atoms with Crippen LogP contribution < -0.4 is 4.90 Å². The topological polar surface area (TPSA) is 224 Å². The highest BCUT2D eigenvalue weighted by atomic mass is 32.2. The number of fused-ring (bicyclic) bond motifs is 2. The molecule has 0 saturated heterocycles. The van der Waals surface area contributed by atoms with Gasteiger partial charge in [-0.25, -0.2) is 0 Å². The van der Waals surface area contributed by atoms with Gasteiger partial charge in [0.2, 0.25) is 5.69 Å². The molecule has 4 rings (SSSR count). The molecule has 2 heterocycles. The average molecular weight is 760 g/mol. The lowest BCUT2D eigenvalue weighted by molar-refractivity contribution is -0.437. The van der Waals surface area contributed by atoms with E-state index in [0.29, 0.717) is 33.9 Å². The van der Waals surface area contributed by atoms with Crippen molar-refractivity contribution in [2.24, 2.45) is 0 Å². The number of nitrogens with zero attached hydrogens (tertiary/aromatic N) is 2. The van der Waals surface area contributed by atoms with E-state index in [1.165, 1.54) is 36.4 Å². The van der Waals surface area contributed by atoms with Crippen molar-refractivity contribution in [3.8, 4) is 0 Å². The summed E-state index contributed by atoms with van der Waals surface area (Å²) in [5.74, 6) is -0.977. The number of anilines is 1. The Hall–Kier alpha value is -3.23. The largest absolute Gasteiger partial charge is 0.344 e. The highest BCUT2D eigenvalue weighted by Gasteiger charge is 2.45. The first-order valence-corrected chi connectivity index (χ1v) is 21.1. The summed E-state index contributed by atoms with van der Waals surface area (Å²) >= 11 is 0. The molecule has 0 saturated carbocycles. The van der Waals surface area contributed by atoms with E-state index < -0.39 is 62.8 Å². The molecule has 18 heteroatoms. The van der Waals surface area contributed by atoms with Crippen LogP contribution in [0, 0.1) is 0 Å². The lowest BCUT2D eigenvalue weighted by Crippen LogP contribution is -2.28. The summed E-state index contributed by atoms with van der Waals surface area (Å²) in [6.45, 7) is 7.72. The second kappa shape index (κ2) is 13.5. The Balaban J connectivity index is 1.71. The Morgan fingerprint density at radius 2 is 1.24 bits per heavy atom. The molecule has 0 amide bonds. The van der Waals surface area contributed by atoms with E-state index in [-0.39, 0.29) is 35.7 Å². The van der Waals surface area contributed by atoms with Crippen LogP contribution in [0.2, 0.25) is 0 Å². The molecular formula is C31H39N2O12S4+. The van der Waals surface area contributed by atoms with E-state index in [4.69, 9.17) is 0 Å². The molecule has 0 radical (unpaired) electrons. The Morgan fingerprint density at radius 3 is 1.82 bits per heavy atom. The smallest absolute Gasteiger partial charge is 0.294 e. The summed E-state index contributed by atoms with van der Waals surface area (Å²) in [4.78, 5) is 1.23. The van der Waals surface area contributed by atoms with E-state index in [9.17, 15) is 51.9 Å². The monoisotopic (exact) mass is 759 g/mol. The van der Waals surface area contributed by atoms with Crippen molar-refractivity contribution in [2.75, 3.05) is 29.5 Å². The van der Waals surface area contributed by atoms with Gasteiger partial charge < -0.3 is 4.90 Å². The van der Waals surface area contributed by atoms with Crippen LogP contribution in [0.15, 0.2) is 82.3 Å². The van der Waals surface area contributed by atoms with E-state index in [2.05, 4.69) is 0 Å². The first-order chi connectivity index (χ1) is 22.3. The molecule has 268 valence electrons. The summed E-state index contributed by atoms with van der Waals surface area (Å²) in [5.41, 5.74) is 2.15. The van der Waals surface area contributed by atoms with E-state index in [0.717, 1.165) is 0 Å². The van der Waals surface area contributed by atoms with Crippen molar-refractivity contribution in [3.05, 3.63) is 83.6 Å². The normalized spacial score (nSPS) is 18.6. The van der Waals surface area contributed by atoms with Crippen LogP contribution in [0.25, 0.3) is 0 Å². The van der Waals surface area contributed by atoms with E-state index in [1.807, 2.05) is 37.2 Å². The Kier molecular flexibility index (Phi) is 10.6. The average Bonchev–Trinajstić information content (AvgIpc) is 3.29. The SMILES string of the molecule is CC1(C)C(/C=C/C=C/C=C2/N(CCCS(=O)(=O)O)c3ccc(S(=O)(=O)O)cc3C2(C)C)=[N+](CCCS(=O)(=O)O)c2ccc(S(=O)(=O)O)cc21. The van der Waals surface area contributed by atoms with Crippen LogP contribution in [0.5, 0.6) is 0 Å². The molecule has 0 atom stereocenters. The predicted octanol–water partition coefficient (Wildman–Crippen LogP) is 3.91. The van der Waals surface area contributed by atoms with E-state index >= 15 is 0 Å². The van der Waals surface area contributed by atoms with Gasteiger partial charge in [-0.05, 0) is 62.2 Å². The van der Waals surface area contributed by atoms with Crippen LogP contribution >= 0.6 is 0 Å². The molecule has 2 aliphatic heterocycles. The molecule has 2 aromatic rings. The van der Waals surface area contributed by atoms with Gasteiger partial charge in [0.25, 0.3) is 40.5 Å². The summed E-state index contributed by atoms with van der Waals surface area (Å²) in [7, 11) is -17.5. The van der Waals surface area contributed by atoms with Crippen LogP contribution in [-0.4, -0.2) is 86.8 Å². The number of hydrogen-bond donors (Lipinski definition) is 4. The molecule has 14 nitrogen and oxygen atoms in total. The number of rotatable bonds is 13. The molecule has 4 N–H and O–H groups in total. The van der Waals surface area contributed by atoms with Gasteiger partial charge in [-0.3, -0.25) is 18.2 Å². The molecule has 0 bridgehead atoms. The minimum Gasteiger partial charge on any atom is -0.344 e. The molecule has 0 unspecified atom stereocenters. The lowest BCUT2D eigenvalue weighted by Gasteiger charge is -2.27. The fraction of sp³-hybridized carbons (Fsp3) is 0.387. The van der Waals surface area contributed by atoms with Gasteiger partial charge in [-0.1, -0.05) is 32.1 Å². The zero-order valence-electron chi connectivity index (χ0n) is 27.2. The Labute approximate surface area is 287 Å². The van der Waals surface area contributed by atoms with Crippen LogP contribution in [0.4, 0.5) is 11.4 Å². The predicted molar refractivity (Wildman–Crippen MR) is 184 cm³/mol. The van der Waals surface area contributed by atoms with Crippen molar-refractivity contribution < 1.29 is 56.5 Å². The fourth-order valence-corrected chi connectivity index (χ4v) is 8.28. The third-order valence-corrected chi connectivity index (χ3v) is 11.9. The molecule has 0 aliphatic carbocycles. The number of benzene rings is 2. The van der Waals surface area contributed by atoms with Crippen molar-refractivity contribution >= 4 is 57.6 Å². The Bertz CT molecular complexity index is 2230. The minimum absolute atomic E-state index is 0.0655. The zero-order valence-corrected chi connectivity index (χ0v) is 30.4. The van der Waals surface area contributed by atoms with Gasteiger partial charge in [0, 0.05) is 47.5 Å². The first kappa shape index (κ1) is 38.6. The number of hydrogen-bond acceptors (Lipinski definition) is 9. The van der Waals surface area contributed by atoms with E-state index in [1.54, 1.807) is 30.4 Å². The highest BCUT2D eigenvalue weighted by Crippen LogP contribution is 2.48.